The first-order chi connectivity index (χ1) is 19.7. The number of aliphatic carboxylic acids is 2. The molecular weight excluding hydrogens is 591 g/mol. The molecule has 0 spiro atoms. The zero-order valence-electron chi connectivity index (χ0n) is 27.0. The Morgan fingerprint density at radius 3 is 1.28 bits per heavy atom. The summed E-state index contributed by atoms with van der Waals surface area (Å²) in [5.74, 6) is -0.202. The van der Waals surface area contributed by atoms with Crippen molar-refractivity contribution in [3.8, 4) is 11.5 Å². The van der Waals surface area contributed by atoms with E-state index in [-0.39, 0.29) is 16.8 Å². The van der Waals surface area contributed by atoms with Crippen LogP contribution in [0.15, 0.2) is 34.3 Å². The molecule has 2 N–H and O–H groups in total. The first-order valence-electron chi connectivity index (χ1n) is 14.8. The number of aliphatic imine (C=N–C) groups is 2. The maximum atomic E-state index is 10.6. The molecule has 0 bridgehead atoms. The number of carboxylic acid groups (broad SMARTS) is 2. The quantitative estimate of drug-likeness (QED) is 0.244. The summed E-state index contributed by atoms with van der Waals surface area (Å²) in [5, 5.41) is 38.9. The number of phenols is 2. The van der Waals surface area contributed by atoms with Gasteiger partial charge in [-0.25, -0.2) is 0 Å². The number of carboxylic acids is 2. The van der Waals surface area contributed by atoms with E-state index in [4.69, 9.17) is 19.8 Å². The Kier molecular flexibility index (Phi) is 22.7. The van der Waals surface area contributed by atoms with Crippen LogP contribution in [0.25, 0.3) is 0 Å². The van der Waals surface area contributed by atoms with Crippen LogP contribution in [0.3, 0.4) is 0 Å². The van der Waals surface area contributed by atoms with Gasteiger partial charge < -0.3 is 30.0 Å². The molecule has 0 aliphatic rings. The number of rotatable bonds is 13. The summed E-state index contributed by atoms with van der Waals surface area (Å²) >= 11 is 0. The van der Waals surface area contributed by atoms with Crippen LogP contribution in [0, 0.1) is 11.8 Å². The normalized spacial score (nSPS) is 10.7. The van der Waals surface area contributed by atoms with Gasteiger partial charge in [-0.1, -0.05) is 53.7 Å². The Morgan fingerprint density at radius 2 is 1.02 bits per heavy atom. The van der Waals surface area contributed by atoms with Crippen molar-refractivity contribution in [3.05, 3.63) is 57.6 Å². The second-order valence-electron chi connectivity index (χ2n) is 11.0. The monoisotopic (exact) mass is 641 g/mol. The zero-order chi connectivity index (χ0) is 32.2. The molecule has 241 valence electrons. The Labute approximate surface area is 268 Å². The largest absolute Gasteiger partial charge is 2.00 e. The fourth-order valence-corrected chi connectivity index (χ4v) is 3.95. The molecule has 2 aromatic carbocycles. The van der Waals surface area contributed by atoms with Gasteiger partial charge in [0.05, 0.1) is 13.1 Å². The van der Waals surface area contributed by atoms with E-state index in [1.165, 1.54) is 11.1 Å². The van der Waals surface area contributed by atoms with Crippen LogP contribution in [-0.2, 0) is 52.1 Å². The summed E-state index contributed by atoms with van der Waals surface area (Å²) in [4.78, 5) is 26.8. The molecular formula is C34H50CoN2O6. The average Bonchev–Trinajstić information content (AvgIpc) is 2.89. The summed E-state index contributed by atoms with van der Waals surface area (Å²) in [6.07, 6.45) is 9.40. The molecule has 0 saturated heterocycles. The molecule has 1 radical (unpaired) electrons. The van der Waals surface area contributed by atoms with Crippen molar-refractivity contribution < 1.29 is 46.8 Å². The molecule has 0 fully saturated rings. The van der Waals surface area contributed by atoms with E-state index in [1.54, 1.807) is 12.4 Å². The smallest absolute Gasteiger partial charge is 0.550 e. The molecule has 0 aliphatic carbocycles. The molecule has 43 heavy (non-hydrogen) atoms. The van der Waals surface area contributed by atoms with E-state index in [0.717, 1.165) is 74.6 Å². The molecule has 0 aromatic heterocycles. The van der Waals surface area contributed by atoms with Crippen LogP contribution in [0.2, 0.25) is 0 Å². The minimum absolute atomic E-state index is 0. The molecule has 0 saturated carbocycles. The number of hydrogen-bond donors (Lipinski definition) is 2. The van der Waals surface area contributed by atoms with Crippen molar-refractivity contribution in [3.63, 3.8) is 0 Å². The molecule has 8 nitrogen and oxygen atoms in total. The number of aryl methyl sites for hydroxylation is 4. The molecule has 0 unspecified atom stereocenters. The van der Waals surface area contributed by atoms with Gasteiger partial charge in [0.1, 0.15) is 11.5 Å². The van der Waals surface area contributed by atoms with Crippen LogP contribution in [0.1, 0.15) is 102 Å². The third kappa shape index (κ3) is 19.6. The second-order valence-corrected chi connectivity index (χ2v) is 11.0. The van der Waals surface area contributed by atoms with Crippen molar-refractivity contribution in [1.82, 2.24) is 0 Å². The van der Waals surface area contributed by atoms with Crippen molar-refractivity contribution in [2.24, 2.45) is 21.8 Å². The molecule has 2 rings (SSSR count). The van der Waals surface area contributed by atoms with Gasteiger partial charge >= 0.3 is 16.8 Å². The van der Waals surface area contributed by atoms with Gasteiger partial charge in [-0.15, -0.1) is 0 Å². The maximum absolute atomic E-state index is 10.6. The molecule has 2 aromatic rings. The number of aromatic hydroxyl groups is 2. The Bertz CT molecular complexity index is 1080. The maximum Gasteiger partial charge on any atom is 2.00 e. The van der Waals surface area contributed by atoms with E-state index in [0.29, 0.717) is 36.4 Å². The zero-order valence-corrected chi connectivity index (χ0v) is 28.1. The van der Waals surface area contributed by atoms with Gasteiger partial charge in [0, 0.05) is 35.5 Å². The number of nitrogens with zero attached hydrogens (tertiary/aromatic N) is 2. The Morgan fingerprint density at radius 1 is 0.721 bits per heavy atom. The van der Waals surface area contributed by atoms with Crippen molar-refractivity contribution >= 4 is 24.4 Å². The number of benzene rings is 2. The molecule has 0 heterocycles. The standard InChI is InChI=1S/C30H44N2O2.2C2H4O2.Co/c1-7-25-15-23(11-9-21(3)4)17-27(29(25)33)19-31-13-14-32-20-28-18-24(12-10-22(5)6)16-26(8-2)30(28)34;2*1-2(3)4;/h15-22,33-34H,7-14H2,1-6H3;2*1H3,(H,3,4);/q;;;+2/p-2. The minimum Gasteiger partial charge on any atom is -0.550 e. The summed E-state index contributed by atoms with van der Waals surface area (Å²) in [6, 6.07) is 8.34. The van der Waals surface area contributed by atoms with Crippen LogP contribution in [0.5, 0.6) is 11.5 Å². The first kappa shape index (κ1) is 42.0. The Hall–Kier alpha value is -3.17. The van der Waals surface area contributed by atoms with Gasteiger partial charge in [0.15, 0.2) is 0 Å². The predicted molar refractivity (Wildman–Crippen MR) is 168 cm³/mol. The molecule has 0 amide bonds. The molecule has 9 heteroatoms. The third-order valence-electron chi connectivity index (χ3n) is 6.16. The van der Waals surface area contributed by atoms with E-state index in [1.807, 2.05) is 0 Å². The Balaban J connectivity index is 0. The SMILES string of the molecule is CC(=O)[O-].CC(=O)[O-].CCc1cc(CCC(C)C)cc(C=NCCN=Cc2cc(CCC(C)C)cc(CC)c2O)c1O.[Co+2]. The van der Waals surface area contributed by atoms with Gasteiger partial charge in [-0.3, -0.25) is 9.98 Å². The van der Waals surface area contributed by atoms with Crippen molar-refractivity contribution in [2.75, 3.05) is 13.1 Å². The summed E-state index contributed by atoms with van der Waals surface area (Å²) in [5.41, 5.74) is 6.01. The minimum atomic E-state index is -1.08. The van der Waals surface area contributed by atoms with Crippen molar-refractivity contribution in [1.29, 1.82) is 0 Å². The predicted octanol–water partition coefficient (Wildman–Crippen LogP) is 4.45. The van der Waals surface area contributed by atoms with Gasteiger partial charge in [-0.2, -0.15) is 0 Å². The third-order valence-corrected chi connectivity index (χ3v) is 6.16. The molecule has 0 atom stereocenters. The van der Waals surface area contributed by atoms with Crippen LogP contribution >= 0.6 is 0 Å². The van der Waals surface area contributed by atoms with E-state index >= 15 is 0 Å². The van der Waals surface area contributed by atoms with Crippen LogP contribution < -0.4 is 10.2 Å². The fraction of sp³-hybridized carbons (Fsp3) is 0.529. The number of phenolic OH excluding ortho intramolecular Hbond substituents is 2. The van der Waals surface area contributed by atoms with Crippen LogP contribution in [-0.4, -0.2) is 47.7 Å². The van der Waals surface area contributed by atoms with Crippen molar-refractivity contribution in [2.45, 2.75) is 93.9 Å². The fourth-order valence-electron chi connectivity index (χ4n) is 3.95. The second kappa shape index (κ2) is 23.3. The van der Waals surface area contributed by atoms with Gasteiger partial charge in [-0.05, 0) is 98.6 Å². The van der Waals surface area contributed by atoms with Gasteiger partial charge in [0.2, 0.25) is 0 Å². The topological polar surface area (TPSA) is 145 Å². The van der Waals surface area contributed by atoms with Crippen LogP contribution in [0.4, 0.5) is 0 Å². The first-order valence-corrected chi connectivity index (χ1v) is 14.8. The van der Waals surface area contributed by atoms with E-state index in [9.17, 15) is 10.2 Å². The summed E-state index contributed by atoms with van der Waals surface area (Å²) in [7, 11) is 0. The van der Waals surface area contributed by atoms with E-state index < -0.39 is 11.9 Å². The summed E-state index contributed by atoms with van der Waals surface area (Å²) < 4.78 is 0. The van der Waals surface area contributed by atoms with E-state index in [2.05, 4.69) is 75.8 Å². The number of hydrogen-bond acceptors (Lipinski definition) is 8. The average molecular weight is 642 g/mol. The number of carbonyl (C=O) groups is 2. The van der Waals surface area contributed by atoms with Gasteiger partial charge in [0.25, 0.3) is 0 Å². The summed E-state index contributed by atoms with van der Waals surface area (Å²) in [6.45, 7) is 16.1. The number of carbonyl (C=O) groups excluding carboxylic acids is 2. The molecule has 0 aliphatic heterocycles.